The predicted molar refractivity (Wildman–Crippen MR) is 97.8 cm³/mol. The Morgan fingerprint density at radius 1 is 1.08 bits per heavy atom. The number of aromatic nitrogens is 3. The summed E-state index contributed by atoms with van der Waals surface area (Å²) in [6.07, 6.45) is 4.15. The fourth-order valence-electron chi connectivity index (χ4n) is 3.35. The predicted octanol–water partition coefficient (Wildman–Crippen LogP) is 3.42. The van der Waals surface area contributed by atoms with E-state index in [2.05, 4.69) is 6.92 Å². The number of nitrogens with zero attached hydrogens (tertiary/aromatic N) is 4. The van der Waals surface area contributed by atoms with Crippen LogP contribution in [0.5, 0.6) is 0 Å². The number of amides is 1. The van der Waals surface area contributed by atoms with Gasteiger partial charge in [0.2, 0.25) is 0 Å². The Morgan fingerprint density at radius 2 is 1.80 bits per heavy atom. The molecule has 1 aromatic carbocycles. The van der Waals surface area contributed by atoms with Gasteiger partial charge < -0.3 is 9.47 Å². The van der Waals surface area contributed by atoms with E-state index < -0.39 is 0 Å². The molecule has 0 radical (unpaired) electrons. The van der Waals surface area contributed by atoms with Crippen LogP contribution in [-0.4, -0.2) is 38.2 Å². The lowest BCUT2D eigenvalue weighted by Gasteiger charge is -2.16. The second kappa shape index (κ2) is 6.24. The Balaban J connectivity index is 1.82. The van der Waals surface area contributed by atoms with Gasteiger partial charge in [-0.05, 0) is 50.1 Å². The third-order valence-corrected chi connectivity index (χ3v) is 4.81. The average Bonchev–Trinajstić information content (AvgIpc) is 3.35. The highest BCUT2D eigenvalue weighted by atomic mass is 16.2. The average molecular weight is 334 g/mol. The molecule has 0 saturated carbocycles. The van der Waals surface area contributed by atoms with Crippen LogP contribution < -0.4 is 0 Å². The van der Waals surface area contributed by atoms with E-state index in [0.29, 0.717) is 5.69 Å². The molecule has 5 nitrogen and oxygen atoms in total. The van der Waals surface area contributed by atoms with Gasteiger partial charge in [0.1, 0.15) is 11.4 Å². The van der Waals surface area contributed by atoms with E-state index in [9.17, 15) is 4.79 Å². The molecule has 1 fully saturated rings. The number of hydrogen-bond acceptors (Lipinski definition) is 2. The number of rotatable bonds is 3. The summed E-state index contributed by atoms with van der Waals surface area (Å²) in [5.74, 6) is 0.0611. The summed E-state index contributed by atoms with van der Waals surface area (Å²) in [6, 6.07) is 14.0. The van der Waals surface area contributed by atoms with Crippen LogP contribution in [0.15, 0.2) is 48.7 Å². The lowest BCUT2D eigenvalue weighted by Crippen LogP contribution is -2.29. The maximum atomic E-state index is 13.0. The first-order chi connectivity index (χ1) is 12.1. The van der Waals surface area contributed by atoms with Crippen LogP contribution in [0, 0.1) is 6.92 Å². The molecule has 0 unspecified atom stereocenters. The second-order valence-electron chi connectivity index (χ2n) is 6.67. The molecule has 2 aromatic heterocycles. The Morgan fingerprint density at radius 3 is 2.44 bits per heavy atom. The summed E-state index contributed by atoms with van der Waals surface area (Å²) in [6.45, 7) is 3.72. The molecule has 1 saturated heterocycles. The SMILES string of the molecule is Cc1ccc(-n2nc(-c3cccn3C)cc2C(=O)N2CCCC2)cc1. The molecule has 1 aliphatic rings. The van der Waals surface area contributed by atoms with E-state index in [1.807, 2.05) is 65.2 Å². The molecular weight excluding hydrogens is 312 g/mol. The minimum Gasteiger partial charge on any atom is -0.349 e. The molecule has 4 rings (SSSR count). The van der Waals surface area contributed by atoms with Crippen molar-refractivity contribution in [3.05, 3.63) is 59.9 Å². The lowest BCUT2D eigenvalue weighted by atomic mass is 10.2. The summed E-state index contributed by atoms with van der Waals surface area (Å²) in [5.41, 5.74) is 4.54. The molecule has 0 bridgehead atoms. The number of benzene rings is 1. The standard InChI is InChI=1S/C20H22N4O/c1-15-7-9-16(10-8-15)24-19(20(25)23-12-3-4-13-23)14-17(21-24)18-6-5-11-22(18)2/h5-11,14H,3-4,12-13H2,1-2H3. The van der Waals surface area contributed by atoms with Crippen LogP contribution in [0.1, 0.15) is 28.9 Å². The van der Waals surface area contributed by atoms with Gasteiger partial charge in [0.15, 0.2) is 0 Å². The number of hydrogen-bond donors (Lipinski definition) is 0. The number of aryl methyl sites for hydroxylation is 2. The van der Waals surface area contributed by atoms with Gasteiger partial charge >= 0.3 is 0 Å². The van der Waals surface area contributed by atoms with Crippen LogP contribution in [0.2, 0.25) is 0 Å². The van der Waals surface area contributed by atoms with Crippen LogP contribution >= 0.6 is 0 Å². The molecule has 0 aliphatic carbocycles. The smallest absolute Gasteiger partial charge is 0.272 e. The van der Waals surface area contributed by atoms with E-state index in [1.54, 1.807) is 4.68 Å². The first-order valence-electron chi connectivity index (χ1n) is 8.71. The van der Waals surface area contributed by atoms with Crippen molar-refractivity contribution in [2.75, 3.05) is 13.1 Å². The van der Waals surface area contributed by atoms with Crippen molar-refractivity contribution in [1.29, 1.82) is 0 Å². The Bertz CT molecular complexity index is 898. The fraction of sp³-hybridized carbons (Fsp3) is 0.300. The zero-order chi connectivity index (χ0) is 17.4. The largest absolute Gasteiger partial charge is 0.349 e. The zero-order valence-corrected chi connectivity index (χ0v) is 14.6. The third kappa shape index (κ3) is 2.86. The normalized spacial score (nSPS) is 14.2. The quantitative estimate of drug-likeness (QED) is 0.736. The Hall–Kier alpha value is -2.82. The van der Waals surface area contributed by atoms with E-state index in [1.165, 1.54) is 5.56 Å². The fourth-order valence-corrected chi connectivity index (χ4v) is 3.35. The van der Waals surface area contributed by atoms with E-state index in [0.717, 1.165) is 43.0 Å². The second-order valence-corrected chi connectivity index (χ2v) is 6.67. The van der Waals surface area contributed by atoms with Crippen molar-refractivity contribution in [1.82, 2.24) is 19.2 Å². The van der Waals surface area contributed by atoms with Crippen molar-refractivity contribution in [3.8, 4) is 17.1 Å². The van der Waals surface area contributed by atoms with Crippen molar-refractivity contribution in [2.24, 2.45) is 7.05 Å². The Labute approximate surface area is 147 Å². The summed E-state index contributed by atoms with van der Waals surface area (Å²) in [7, 11) is 1.99. The number of carbonyl (C=O) groups is 1. The minimum atomic E-state index is 0.0611. The molecule has 0 spiro atoms. The maximum Gasteiger partial charge on any atom is 0.272 e. The molecule has 25 heavy (non-hydrogen) atoms. The van der Waals surface area contributed by atoms with Crippen molar-refractivity contribution < 1.29 is 4.79 Å². The van der Waals surface area contributed by atoms with Crippen molar-refractivity contribution in [2.45, 2.75) is 19.8 Å². The van der Waals surface area contributed by atoms with Crippen molar-refractivity contribution in [3.63, 3.8) is 0 Å². The molecule has 128 valence electrons. The third-order valence-electron chi connectivity index (χ3n) is 4.81. The topological polar surface area (TPSA) is 43.1 Å². The van der Waals surface area contributed by atoms with E-state index in [4.69, 9.17) is 5.10 Å². The van der Waals surface area contributed by atoms with Crippen LogP contribution in [0.25, 0.3) is 17.1 Å². The van der Waals surface area contributed by atoms with Gasteiger partial charge in [0.25, 0.3) is 5.91 Å². The monoisotopic (exact) mass is 334 g/mol. The molecule has 0 N–H and O–H groups in total. The minimum absolute atomic E-state index is 0.0611. The first-order valence-corrected chi connectivity index (χ1v) is 8.71. The van der Waals surface area contributed by atoms with Gasteiger partial charge in [-0.25, -0.2) is 4.68 Å². The highest BCUT2D eigenvalue weighted by Gasteiger charge is 2.25. The molecular formula is C20H22N4O. The van der Waals surface area contributed by atoms with Gasteiger partial charge in [-0.2, -0.15) is 5.10 Å². The van der Waals surface area contributed by atoms with E-state index >= 15 is 0 Å². The highest BCUT2D eigenvalue weighted by molar-refractivity contribution is 5.94. The Kier molecular flexibility index (Phi) is 3.92. The molecule has 3 aromatic rings. The van der Waals surface area contributed by atoms with Gasteiger partial charge in [0, 0.05) is 26.3 Å². The van der Waals surface area contributed by atoms with Crippen LogP contribution in [0.4, 0.5) is 0 Å². The summed E-state index contributed by atoms with van der Waals surface area (Å²) >= 11 is 0. The molecule has 1 aliphatic heterocycles. The van der Waals surface area contributed by atoms with Gasteiger partial charge in [0.05, 0.1) is 11.4 Å². The summed E-state index contributed by atoms with van der Waals surface area (Å²) < 4.78 is 3.80. The van der Waals surface area contributed by atoms with Crippen LogP contribution in [0.3, 0.4) is 0 Å². The van der Waals surface area contributed by atoms with Crippen LogP contribution in [-0.2, 0) is 7.05 Å². The first kappa shape index (κ1) is 15.7. The highest BCUT2D eigenvalue weighted by Crippen LogP contribution is 2.24. The van der Waals surface area contributed by atoms with Gasteiger partial charge in [-0.1, -0.05) is 17.7 Å². The number of carbonyl (C=O) groups excluding carboxylic acids is 1. The molecule has 0 atom stereocenters. The molecule has 1 amide bonds. The van der Waals surface area contributed by atoms with Crippen molar-refractivity contribution >= 4 is 5.91 Å². The molecule has 3 heterocycles. The van der Waals surface area contributed by atoms with E-state index in [-0.39, 0.29) is 5.91 Å². The maximum absolute atomic E-state index is 13.0. The lowest BCUT2D eigenvalue weighted by molar-refractivity contribution is 0.0784. The van der Waals surface area contributed by atoms with Gasteiger partial charge in [-0.15, -0.1) is 0 Å². The summed E-state index contributed by atoms with van der Waals surface area (Å²) in [4.78, 5) is 15.0. The zero-order valence-electron chi connectivity index (χ0n) is 14.6. The van der Waals surface area contributed by atoms with Gasteiger partial charge in [-0.3, -0.25) is 4.79 Å². The molecule has 5 heteroatoms. The summed E-state index contributed by atoms with van der Waals surface area (Å²) in [5, 5.41) is 4.75. The number of likely N-dealkylation sites (tertiary alicyclic amines) is 1.